The zero-order valence-corrected chi connectivity index (χ0v) is 9.17. The summed E-state index contributed by atoms with van der Waals surface area (Å²) in [6.07, 6.45) is -5.62. The number of halogens is 3. The second kappa shape index (κ2) is 3.73. The molecule has 1 rings (SSSR count). The molecule has 0 aromatic carbocycles. The van der Waals surface area contributed by atoms with Crippen molar-refractivity contribution in [3.8, 4) is 0 Å². The first-order valence-corrected chi connectivity index (χ1v) is 4.77. The molecule has 1 amide bonds. The molecule has 0 fully saturated rings. The van der Waals surface area contributed by atoms with Crippen LogP contribution in [0.25, 0.3) is 0 Å². The first kappa shape index (κ1) is 13.0. The standard InChI is InChI=1S/C9H13F3N2O2/c1-5(2)7(15)14-8(16,9(10,11)12)4-6(3)13-14/h5,16H,4H2,1-3H3/t8-/m0/s1. The predicted octanol–water partition coefficient (Wildman–Crippen LogP) is 1.50. The lowest BCUT2D eigenvalue weighted by atomic mass is 10.1. The fourth-order valence-electron chi connectivity index (χ4n) is 1.42. The Hall–Kier alpha value is -1.11. The molecular weight excluding hydrogens is 225 g/mol. The molecule has 1 aliphatic heterocycles. The highest BCUT2D eigenvalue weighted by Crippen LogP contribution is 2.40. The van der Waals surface area contributed by atoms with Crippen LogP contribution in [0.1, 0.15) is 27.2 Å². The average molecular weight is 238 g/mol. The van der Waals surface area contributed by atoms with Gasteiger partial charge in [-0.05, 0) is 6.92 Å². The molecule has 0 aliphatic carbocycles. The Morgan fingerprint density at radius 3 is 2.44 bits per heavy atom. The van der Waals surface area contributed by atoms with E-state index >= 15 is 0 Å². The van der Waals surface area contributed by atoms with Gasteiger partial charge in [-0.1, -0.05) is 13.8 Å². The molecule has 0 radical (unpaired) electrons. The number of amides is 1. The molecule has 0 aromatic rings. The molecule has 0 bridgehead atoms. The van der Waals surface area contributed by atoms with Gasteiger partial charge in [0.2, 0.25) is 5.91 Å². The molecule has 16 heavy (non-hydrogen) atoms. The number of alkyl halides is 3. The van der Waals surface area contributed by atoms with Crippen molar-refractivity contribution >= 4 is 11.6 Å². The van der Waals surface area contributed by atoms with Gasteiger partial charge in [0.15, 0.2) is 0 Å². The summed E-state index contributed by atoms with van der Waals surface area (Å²) in [5.41, 5.74) is -3.12. The van der Waals surface area contributed by atoms with E-state index in [1.54, 1.807) is 0 Å². The van der Waals surface area contributed by atoms with Crippen LogP contribution in [-0.4, -0.2) is 33.6 Å². The largest absolute Gasteiger partial charge is 0.438 e. The van der Waals surface area contributed by atoms with Crippen molar-refractivity contribution in [1.29, 1.82) is 0 Å². The zero-order valence-electron chi connectivity index (χ0n) is 9.17. The van der Waals surface area contributed by atoms with Gasteiger partial charge in [-0.2, -0.15) is 23.3 Å². The predicted molar refractivity (Wildman–Crippen MR) is 50.4 cm³/mol. The molecule has 0 saturated heterocycles. The summed E-state index contributed by atoms with van der Waals surface area (Å²) in [6.45, 7) is 4.23. The van der Waals surface area contributed by atoms with Crippen LogP contribution in [0.5, 0.6) is 0 Å². The van der Waals surface area contributed by atoms with E-state index in [9.17, 15) is 23.1 Å². The van der Waals surface area contributed by atoms with Crippen molar-refractivity contribution in [2.24, 2.45) is 11.0 Å². The molecule has 1 N–H and O–H groups in total. The van der Waals surface area contributed by atoms with Crippen LogP contribution < -0.4 is 0 Å². The van der Waals surface area contributed by atoms with E-state index in [-0.39, 0.29) is 10.7 Å². The summed E-state index contributed by atoms with van der Waals surface area (Å²) in [7, 11) is 0. The van der Waals surface area contributed by atoms with Crippen molar-refractivity contribution in [3.63, 3.8) is 0 Å². The lowest BCUT2D eigenvalue weighted by Crippen LogP contribution is -2.57. The minimum Gasteiger partial charge on any atom is -0.362 e. The Kier molecular flexibility index (Phi) is 3.02. The fourth-order valence-corrected chi connectivity index (χ4v) is 1.42. The summed E-state index contributed by atoms with van der Waals surface area (Å²) in [6, 6.07) is 0. The smallest absolute Gasteiger partial charge is 0.362 e. The van der Waals surface area contributed by atoms with Gasteiger partial charge in [0.05, 0.1) is 0 Å². The normalized spacial score (nSPS) is 26.2. The first-order chi connectivity index (χ1) is 7.09. The second-order valence-corrected chi connectivity index (χ2v) is 4.13. The number of rotatable bonds is 1. The molecule has 1 atom stereocenters. The third-order valence-corrected chi connectivity index (χ3v) is 2.28. The molecular formula is C9H13F3N2O2. The van der Waals surface area contributed by atoms with Crippen molar-refractivity contribution in [3.05, 3.63) is 0 Å². The number of carbonyl (C=O) groups is 1. The van der Waals surface area contributed by atoms with E-state index in [4.69, 9.17) is 0 Å². The lowest BCUT2D eigenvalue weighted by Gasteiger charge is -2.33. The third-order valence-electron chi connectivity index (χ3n) is 2.28. The summed E-state index contributed by atoms with van der Waals surface area (Å²) < 4.78 is 38.0. The highest BCUT2D eigenvalue weighted by Gasteiger charge is 2.62. The Labute approximate surface area is 90.7 Å². The molecule has 0 spiro atoms. The lowest BCUT2D eigenvalue weighted by molar-refractivity contribution is -0.303. The fraction of sp³-hybridized carbons (Fsp3) is 0.778. The summed E-state index contributed by atoms with van der Waals surface area (Å²) >= 11 is 0. The van der Waals surface area contributed by atoms with Crippen LogP contribution in [-0.2, 0) is 4.79 Å². The van der Waals surface area contributed by atoms with Crippen LogP contribution in [0, 0.1) is 5.92 Å². The Morgan fingerprint density at radius 1 is 1.56 bits per heavy atom. The topological polar surface area (TPSA) is 52.9 Å². The Balaban J connectivity index is 3.10. The number of carbonyl (C=O) groups excluding carboxylic acids is 1. The number of hydrazone groups is 1. The van der Waals surface area contributed by atoms with Gasteiger partial charge in [0, 0.05) is 18.1 Å². The van der Waals surface area contributed by atoms with Crippen molar-refractivity contribution in [2.45, 2.75) is 39.1 Å². The van der Waals surface area contributed by atoms with E-state index in [0.717, 1.165) is 0 Å². The molecule has 0 unspecified atom stereocenters. The van der Waals surface area contributed by atoms with E-state index in [2.05, 4.69) is 5.10 Å². The summed E-state index contributed by atoms with van der Waals surface area (Å²) in [5.74, 6) is -1.51. The van der Waals surface area contributed by atoms with Gasteiger partial charge in [0.25, 0.3) is 5.72 Å². The summed E-state index contributed by atoms with van der Waals surface area (Å²) in [5, 5.41) is 13.1. The van der Waals surface area contributed by atoms with Gasteiger partial charge < -0.3 is 5.11 Å². The summed E-state index contributed by atoms with van der Waals surface area (Å²) in [4.78, 5) is 11.5. The second-order valence-electron chi connectivity index (χ2n) is 4.13. The average Bonchev–Trinajstić information content (AvgIpc) is 2.40. The highest BCUT2D eigenvalue weighted by atomic mass is 19.4. The molecule has 92 valence electrons. The first-order valence-electron chi connectivity index (χ1n) is 4.77. The van der Waals surface area contributed by atoms with Crippen LogP contribution in [0.3, 0.4) is 0 Å². The van der Waals surface area contributed by atoms with E-state index in [0.29, 0.717) is 0 Å². The van der Waals surface area contributed by atoms with Crippen LogP contribution >= 0.6 is 0 Å². The van der Waals surface area contributed by atoms with Crippen LogP contribution in [0.4, 0.5) is 13.2 Å². The monoisotopic (exact) mass is 238 g/mol. The number of hydrogen-bond acceptors (Lipinski definition) is 3. The molecule has 7 heteroatoms. The van der Waals surface area contributed by atoms with Crippen molar-refractivity contribution in [2.75, 3.05) is 0 Å². The minimum atomic E-state index is -4.92. The van der Waals surface area contributed by atoms with Crippen LogP contribution in [0.15, 0.2) is 5.10 Å². The number of hydrogen-bond donors (Lipinski definition) is 1. The molecule has 4 nitrogen and oxygen atoms in total. The Bertz CT molecular complexity index is 338. The van der Waals surface area contributed by atoms with Crippen LogP contribution in [0.2, 0.25) is 0 Å². The van der Waals surface area contributed by atoms with Crippen molar-refractivity contribution < 1.29 is 23.1 Å². The van der Waals surface area contributed by atoms with E-state index < -0.39 is 30.1 Å². The van der Waals surface area contributed by atoms with Gasteiger partial charge in [-0.3, -0.25) is 4.79 Å². The van der Waals surface area contributed by atoms with E-state index in [1.165, 1.54) is 20.8 Å². The molecule has 1 aliphatic rings. The molecule has 0 aromatic heterocycles. The maximum Gasteiger partial charge on any atom is 0.438 e. The zero-order chi connectivity index (χ0) is 12.7. The maximum absolute atomic E-state index is 12.7. The van der Waals surface area contributed by atoms with Gasteiger partial charge in [-0.15, -0.1) is 0 Å². The number of nitrogens with zero attached hydrogens (tertiary/aromatic N) is 2. The maximum atomic E-state index is 12.7. The molecule has 0 saturated carbocycles. The highest BCUT2D eigenvalue weighted by molar-refractivity contribution is 5.89. The minimum absolute atomic E-state index is 0.0776. The number of aliphatic hydroxyl groups is 1. The van der Waals surface area contributed by atoms with Crippen molar-refractivity contribution in [1.82, 2.24) is 5.01 Å². The molecule has 1 heterocycles. The third kappa shape index (κ3) is 1.91. The quantitative estimate of drug-likeness (QED) is 0.752. The Morgan fingerprint density at radius 2 is 2.06 bits per heavy atom. The van der Waals surface area contributed by atoms with E-state index in [1.807, 2.05) is 0 Å². The SMILES string of the molecule is CC1=NN(C(=O)C(C)C)[C@@](O)(C(F)(F)F)C1. The van der Waals surface area contributed by atoms with Gasteiger partial charge >= 0.3 is 6.18 Å². The van der Waals surface area contributed by atoms with Gasteiger partial charge in [-0.25, -0.2) is 0 Å². The van der Waals surface area contributed by atoms with Gasteiger partial charge in [0.1, 0.15) is 0 Å².